The third-order valence-electron chi connectivity index (χ3n) is 2.35. The Morgan fingerprint density at radius 3 is 2.58 bits per heavy atom. The van der Waals surface area contributed by atoms with Crippen LogP contribution in [0.25, 0.3) is 0 Å². The molecular weight excluding hydrogens is 211 g/mol. The summed E-state index contributed by atoms with van der Waals surface area (Å²) in [5.41, 5.74) is 1.58. The van der Waals surface area contributed by atoms with E-state index in [1.165, 1.54) is 24.6 Å². The van der Waals surface area contributed by atoms with Gasteiger partial charge in [-0.3, -0.25) is 0 Å². The van der Waals surface area contributed by atoms with E-state index >= 15 is 0 Å². The van der Waals surface area contributed by atoms with E-state index in [1.54, 1.807) is 5.56 Å². The summed E-state index contributed by atoms with van der Waals surface area (Å²) in [6.07, 6.45) is 4.36. The van der Waals surface area contributed by atoms with Gasteiger partial charge in [0, 0.05) is 0 Å². The molecule has 1 heteroatoms. The molecule has 0 spiro atoms. The summed E-state index contributed by atoms with van der Waals surface area (Å²) in [6.45, 7) is 0. The zero-order valence-corrected chi connectivity index (χ0v) is 8.91. The van der Waals surface area contributed by atoms with E-state index in [9.17, 15) is 0 Å². The van der Waals surface area contributed by atoms with Crippen LogP contribution in [0.5, 0.6) is 0 Å². The van der Waals surface area contributed by atoms with Crippen molar-refractivity contribution in [3.63, 3.8) is 0 Å². The summed E-state index contributed by atoms with van der Waals surface area (Å²) in [6, 6.07) is 11.0. The van der Waals surface area contributed by atoms with Crippen LogP contribution in [0.4, 0.5) is 0 Å². The van der Waals surface area contributed by atoms with E-state index in [0.717, 1.165) is 19.8 Å². The van der Waals surface area contributed by atoms with Crippen molar-refractivity contribution in [1.82, 2.24) is 0 Å². The maximum absolute atomic E-state index is 2.29. The van der Waals surface area contributed by atoms with Crippen molar-refractivity contribution in [3.8, 4) is 0 Å². The summed E-state index contributed by atoms with van der Waals surface area (Å²) in [7, 11) is 0. The number of benzene rings is 1. The van der Waals surface area contributed by atoms with E-state index in [4.69, 9.17) is 0 Å². The molecule has 0 aromatic heterocycles. The van der Waals surface area contributed by atoms with Crippen LogP contribution >= 0.6 is 0 Å². The first-order valence-electron chi connectivity index (χ1n) is 4.63. The molecule has 1 aromatic rings. The summed E-state index contributed by atoms with van der Waals surface area (Å²) < 4.78 is 0. The third-order valence-corrected chi connectivity index (χ3v) is 5.36. The first-order chi connectivity index (χ1) is 5.97. The Bertz CT molecular complexity index is 224. The molecule has 12 heavy (non-hydrogen) atoms. The summed E-state index contributed by atoms with van der Waals surface area (Å²) in [4.78, 5) is 0.924. The molecule has 1 saturated heterocycles. The molecule has 1 aliphatic heterocycles. The van der Waals surface area contributed by atoms with Crippen molar-refractivity contribution < 1.29 is 0 Å². The van der Waals surface area contributed by atoms with Crippen LogP contribution < -0.4 is 0 Å². The number of hydrogen-bond donors (Lipinski definition) is 0. The van der Waals surface area contributed by atoms with Gasteiger partial charge in [-0.25, -0.2) is 0 Å². The van der Waals surface area contributed by atoms with E-state index in [0.29, 0.717) is 0 Å². The van der Waals surface area contributed by atoms with Gasteiger partial charge >= 0.3 is 80.3 Å². The molecule has 0 saturated carbocycles. The van der Waals surface area contributed by atoms with Crippen LogP contribution in [0.2, 0.25) is 5.32 Å². The van der Waals surface area contributed by atoms with Gasteiger partial charge in [0.2, 0.25) is 0 Å². The molecule has 0 radical (unpaired) electrons. The SMILES string of the molecule is c1ccc(C2CCCC[Se]2)cc1. The monoisotopic (exact) mass is 226 g/mol. The molecule has 1 atom stereocenters. The second-order valence-electron chi connectivity index (χ2n) is 3.27. The molecule has 0 bridgehead atoms. The van der Waals surface area contributed by atoms with E-state index in [1.807, 2.05) is 0 Å². The fraction of sp³-hybridized carbons (Fsp3) is 0.455. The summed E-state index contributed by atoms with van der Waals surface area (Å²) >= 11 is 0.875. The van der Waals surface area contributed by atoms with Gasteiger partial charge in [-0.05, 0) is 0 Å². The molecule has 0 nitrogen and oxygen atoms in total. The molecule has 1 heterocycles. The zero-order valence-electron chi connectivity index (χ0n) is 7.20. The first kappa shape index (κ1) is 8.34. The Kier molecular flexibility index (Phi) is 2.86. The quantitative estimate of drug-likeness (QED) is 0.644. The van der Waals surface area contributed by atoms with Crippen molar-refractivity contribution in [2.75, 3.05) is 0 Å². The van der Waals surface area contributed by atoms with Crippen molar-refractivity contribution in [3.05, 3.63) is 35.9 Å². The number of rotatable bonds is 1. The number of hydrogen-bond acceptors (Lipinski definition) is 0. The van der Waals surface area contributed by atoms with Gasteiger partial charge in [0.25, 0.3) is 0 Å². The Labute approximate surface area is 80.5 Å². The van der Waals surface area contributed by atoms with Crippen LogP contribution in [-0.2, 0) is 0 Å². The second-order valence-corrected chi connectivity index (χ2v) is 6.02. The molecular formula is C11H14Se. The molecule has 2 rings (SSSR count). The van der Waals surface area contributed by atoms with Crippen molar-refractivity contribution in [2.45, 2.75) is 29.4 Å². The topological polar surface area (TPSA) is 0 Å². The molecule has 0 amide bonds. The van der Waals surface area contributed by atoms with E-state index < -0.39 is 0 Å². The fourth-order valence-corrected chi connectivity index (χ4v) is 4.48. The van der Waals surface area contributed by atoms with Gasteiger partial charge in [0.1, 0.15) is 0 Å². The Morgan fingerprint density at radius 1 is 1.08 bits per heavy atom. The maximum atomic E-state index is 2.29. The average molecular weight is 225 g/mol. The Balaban J connectivity index is 2.08. The Morgan fingerprint density at radius 2 is 1.92 bits per heavy atom. The Hall–Kier alpha value is -0.261. The molecule has 64 valence electrons. The van der Waals surface area contributed by atoms with Crippen LogP contribution in [-0.4, -0.2) is 15.0 Å². The zero-order chi connectivity index (χ0) is 8.23. The summed E-state index contributed by atoms with van der Waals surface area (Å²) in [5, 5.41) is 1.49. The van der Waals surface area contributed by atoms with E-state index in [-0.39, 0.29) is 0 Å². The van der Waals surface area contributed by atoms with Crippen LogP contribution in [0.1, 0.15) is 29.6 Å². The molecule has 1 aromatic carbocycles. The van der Waals surface area contributed by atoms with Gasteiger partial charge in [-0.15, -0.1) is 0 Å². The van der Waals surface area contributed by atoms with E-state index in [2.05, 4.69) is 30.3 Å². The van der Waals surface area contributed by atoms with Crippen LogP contribution in [0, 0.1) is 0 Å². The third kappa shape index (κ3) is 1.91. The predicted octanol–water partition coefficient (Wildman–Crippen LogP) is 3.03. The van der Waals surface area contributed by atoms with Crippen molar-refractivity contribution in [2.24, 2.45) is 0 Å². The average Bonchev–Trinajstić information content (AvgIpc) is 2.21. The molecule has 1 aliphatic rings. The van der Waals surface area contributed by atoms with Crippen molar-refractivity contribution >= 4 is 15.0 Å². The molecule has 0 aliphatic carbocycles. The van der Waals surface area contributed by atoms with Crippen molar-refractivity contribution in [1.29, 1.82) is 0 Å². The van der Waals surface area contributed by atoms with Gasteiger partial charge in [-0.1, -0.05) is 0 Å². The second kappa shape index (κ2) is 4.11. The summed E-state index contributed by atoms with van der Waals surface area (Å²) in [5.74, 6) is 0. The van der Waals surface area contributed by atoms with Gasteiger partial charge in [-0.2, -0.15) is 0 Å². The minimum absolute atomic E-state index is 0.875. The fourth-order valence-electron chi connectivity index (χ4n) is 1.67. The van der Waals surface area contributed by atoms with Gasteiger partial charge in [0.15, 0.2) is 0 Å². The normalized spacial score (nSPS) is 23.8. The first-order valence-corrected chi connectivity index (χ1v) is 6.83. The predicted molar refractivity (Wildman–Crippen MR) is 53.6 cm³/mol. The molecule has 0 N–H and O–H groups in total. The molecule has 1 unspecified atom stereocenters. The van der Waals surface area contributed by atoms with Gasteiger partial charge < -0.3 is 0 Å². The standard InChI is InChI=1S/C11H14Se/c1-2-6-10(7-3-1)11-8-4-5-9-12-11/h1-3,6-7,11H,4-5,8-9H2. The minimum atomic E-state index is 0.875. The van der Waals surface area contributed by atoms with Crippen LogP contribution in [0.3, 0.4) is 0 Å². The van der Waals surface area contributed by atoms with Crippen LogP contribution in [0.15, 0.2) is 30.3 Å². The molecule has 1 fully saturated rings. The van der Waals surface area contributed by atoms with Gasteiger partial charge in [0.05, 0.1) is 0 Å².